The van der Waals surface area contributed by atoms with E-state index in [-0.39, 0.29) is 23.4 Å². The van der Waals surface area contributed by atoms with E-state index < -0.39 is 11.7 Å². The third kappa shape index (κ3) is 5.22. The Labute approximate surface area is 244 Å². The fraction of sp³-hybridized carbons (Fsp3) is 0.500. The molecule has 1 aliphatic heterocycles. The summed E-state index contributed by atoms with van der Waals surface area (Å²) in [4.78, 5) is 25.6. The van der Waals surface area contributed by atoms with Crippen molar-refractivity contribution in [1.29, 1.82) is 0 Å². The van der Waals surface area contributed by atoms with Gasteiger partial charge in [-0.3, -0.25) is 14.8 Å². The largest absolute Gasteiger partial charge is 0.393 e. The minimum absolute atomic E-state index is 0.0799. The molecule has 2 aliphatic carbocycles. The number of carbonyl (C=O) groups excluding carboxylic acids is 1. The van der Waals surface area contributed by atoms with Crippen molar-refractivity contribution in [2.75, 3.05) is 18.4 Å². The number of carbonyl (C=O) groups is 1. The number of anilines is 1. The summed E-state index contributed by atoms with van der Waals surface area (Å²) in [5.41, 5.74) is 4.14. The highest BCUT2D eigenvalue weighted by atomic mass is 19.1. The fourth-order valence-corrected chi connectivity index (χ4v) is 6.91. The van der Waals surface area contributed by atoms with E-state index in [1.54, 1.807) is 24.9 Å². The number of aromatic nitrogens is 5. The van der Waals surface area contributed by atoms with E-state index in [2.05, 4.69) is 43.1 Å². The van der Waals surface area contributed by atoms with Gasteiger partial charge in [-0.05, 0) is 101 Å². The Balaban J connectivity index is 1.21. The number of imidazole rings is 1. The number of hydrogen-bond donors (Lipinski definition) is 2. The molecule has 42 heavy (non-hydrogen) atoms. The molecule has 2 saturated carbocycles. The van der Waals surface area contributed by atoms with Crippen molar-refractivity contribution in [1.82, 2.24) is 29.2 Å². The summed E-state index contributed by atoms with van der Waals surface area (Å²) in [6.07, 6.45) is 10.8. The number of aliphatic hydroxyl groups excluding tert-OH is 1. The van der Waals surface area contributed by atoms with Crippen LogP contribution >= 0.6 is 0 Å². The van der Waals surface area contributed by atoms with Gasteiger partial charge in [0.15, 0.2) is 5.82 Å². The molecule has 1 amide bonds. The second-order valence-corrected chi connectivity index (χ2v) is 12.4. The standard InChI is InChI=1S/C32H38FN7O2/c1-19-15-26(29(33)30(35-19)22-17-34-38(2)18-22)31(42)37-32-36-27-16-21(20-11-13-39(14-12-20)23-4-5-23)3-10-28(27)40(32)24-6-8-25(41)9-7-24/h3,10,15-18,20,23-25,41H,4-9,11-14H2,1-2H3,(H,36,37,42). The number of benzene rings is 1. The zero-order valence-corrected chi connectivity index (χ0v) is 24.3. The Morgan fingerprint density at radius 1 is 1.00 bits per heavy atom. The summed E-state index contributed by atoms with van der Waals surface area (Å²) < 4.78 is 19.4. The summed E-state index contributed by atoms with van der Waals surface area (Å²) in [5.74, 6) is -0.344. The number of nitrogens with zero attached hydrogens (tertiary/aromatic N) is 6. The van der Waals surface area contributed by atoms with Crippen LogP contribution in [0.4, 0.5) is 10.3 Å². The number of piperidine rings is 1. The van der Waals surface area contributed by atoms with Crippen molar-refractivity contribution in [2.45, 2.75) is 82.4 Å². The first-order valence-corrected chi connectivity index (χ1v) is 15.3. The Hall–Kier alpha value is -3.63. The molecule has 3 fully saturated rings. The van der Waals surface area contributed by atoms with Crippen LogP contribution in [0, 0.1) is 12.7 Å². The first kappa shape index (κ1) is 27.2. The molecule has 220 valence electrons. The van der Waals surface area contributed by atoms with Crippen LogP contribution in [0.1, 0.15) is 84.9 Å². The number of pyridine rings is 1. The molecule has 9 nitrogen and oxygen atoms in total. The maximum absolute atomic E-state index is 15.7. The number of likely N-dealkylation sites (tertiary alicyclic amines) is 1. The van der Waals surface area contributed by atoms with Crippen LogP contribution in [0.2, 0.25) is 0 Å². The number of rotatable bonds is 6. The molecule has 4 heterocycles. The van der Waals surface area contributed by atoms with E-state index in [4.69, 9.17) is 4.98 Å². The maximum Gasteiger partial charge on any atom is 0.261 e. The van der Waals surface area contributed by atoms with Gasteiger partial charge in [0.25, 0.3) is 5.91 Å². The van der Waals surface area contributed by atoms with Gasteiger partial charge in [-0.2, -0.15) is 5.10 Å². The summed E-state index contributed by atoms with van der Waals surface area (Å²) in [5, 5.41) is 17.3. The highest BCUT2D eigenvalue weighted by molar-refractivity contribution is 6.05. The van der Waals surface area contributed by atoms with Crippen LogP contribution < -0.4 is 5.32 Å². The minimum atomic E-state index is -0.686. The number of nitrogens with one attached hydrogen (secondary N) is 1. The Morgan fingerprint density at radius 2 is 1.74 bits per heavy atom. The van der Waals surface area contributed by atoms with Gasteiger partial charge >= 0.3 is 0 Å². The number of fused-ring (bicyclic) bond motifs is 1. The van der Waals surface area contributed by atoms with E-state index in [1.165, 1.54) is 30.7 Å². The van der Waals surface area contributed by atoms with Crippen molar-refractivity contribution in [3.05, 3.63) is 59.3 Å². The normalized spacial score (nSPS) is 22.1. The topological polar surface area (TPSA) is 101 Å². The average Bonchev–Trinajstić information content (AvgIpc) is 3.66. The van der Waals surface area contributed by atoms with E-state index in [1.807, 2.05) is 0 Å². The summed E-state index contributed by atoms with van der Waals surface area (Å²) in [6, 6.07) is 8.88. The van der Waals surface area contributed by atoms with Gasteiger partial charge in [0.1, 0.15) is 5.69 Å². The van der Waals surface area contributed by atoms with E-state index in [0.29, 0.717) is 36.0 Å². The monoisotopic (exact) mass is 571 g/mol. The summed E-state index contributed by atoms with van der Waals surface area (Å²) in [7, 11) is 1.75. The lowest BCUT2D eigenvalue weighted by molar-refractivity contribution is 0.101. The third-order valence-corrected chi connectivity index (χ3v) is 9.34. The second kappa shape index (κ2) is 10.9. The minimum Gasteiger partial charge on any atom is -0.393 e. The molecule has 0 atom stereocenters. The number of hydrogen-bond acceptors (Lipinski definition) is 6. The zero-order valence-electron chi connectivity index (χ0n) is 24.3. The highest BCUT2D eigenvalue weighted by Crippen LogP contribution is 2.38. The smallest absolute Gasteiger partial charge is 0.261 e. The Kier molecular flexibility index (Phi) is 7.06. The summed E-state index contributed by atoms with van der Waals surface area (Å²) >= 11 is 0. The first-order valence-electron chi connectivity index (χ1n) is 15.3. The molecule has 3 aliphatic rings. The molecule has 0 unspecified atom stereocenters. The molecule has 1 saturated heterocycles. The lowest BCUT2D eigenvalue weighted by atomic mass is 9.89. The van der Waals surface area contributed by atoms with E-state index in [9.17, 15) is 9.90 Å². The molecule has 0 radical (unpaired) electrons. The van der Waals surface area contributed by atoms with E-state index >= 15 is 4.39 Å². The van der Waals surface area contributed by atoms with Gasteiger partial charge in [0.05, 0.1) is 28.9 Å². The molecular formula is C32H38FN7O2. The fourth-order valence-electron chi connectivity index (χ4n) is 6.91. The molecule has 0 bridgehead atoms. The van der Waals surface area contributed by atoms with Crippen LogP contribution in [0.15, 0.2) is 36.7 Å². The van der Waals surface area contributed by atoms with Crippen LogP contribution in [0.5, 0.6) is 0 Å². The van der Waals surface area contributed by atoms with Crippen LogP contribution in [0.25, 0.3) is 22.3 Å². The SMILES string of the molecule is Cc1cc(C(=O)Nc2nc3cc(C4CCN(C5CC5)CC4)ccc3n2C2CCC(O)CC2)c(F)c(-c2cnn(C)c2)n1. The van der Waals surface area contributed by atoms with Crippen LogP contribution in [-0.2, 0) is 7.05 Å². The van der Waals surface area contributed by atoms with Crippen LogP contribution in [0.3, 0.4) is 0 Å². The Bertz CT molecular complexity index is 1630. The quantitative estimate of drug-likeness (QED) is 0.324. The van der Waals surface area contributed by atoms with E-state index in [0.717, 1.165) is 55.8 Å². The van der Waals surface area contributed by atoms with Gasteiger partial charge in [-0.15, -0.1) is 0 Å². The molecule has 3 aromatic heterocycles. The maximum atomic E-state index is 15.7. The third-order valence-electron chi connectivity index (χ3n) is 9.34. The molecule has 4 aromatic rings. The van der Waals surface area contributed by atoms with Crippen molar-refractivity contribution in [2.24, 2.45) is 7.05 Å². The Morgan fingerprint density at radius 3 is 2.43 bits per heavy atom. The molecule has 2 N–H and O–H groups in total. The zero-order chi connectivity index (χ0) is 29.0. The number of aliphatic hydroxyl groups is 1. The number of aryl methyl sites for hydroxylation is 2. The lowest BCUT2D eigenvalue weighted by Crippen LogP contribution is -2.34. The molecule has 10 heteroatoms. The van der Waals surface area contributed by atoms with Crippen molar-refractivity contribution in [3.63, 3.8) is 0 Å². The first-order chi connectivity index (χ1) is 20.3. The second-order valence-electron chi connectivity index (χ2n) is 12.4. The molecule has 7 rings (SSSR count). The molecular weight excluding hydrogens is 533 g/mol. The van der Waals surface area contributed by atoms with Gasteiger partial charge in [-0.25, -0.2) is 14.4 Å². The van der Waals surface area contributed by atoms with Crippen LogP contribution in [-0.4, -0.2) is 65.5 Å². The molecule has 1 aromatic carbocycles. The summed E-state index contributed by atoms with van der Waals surface area (Å²) in [6.45, 7) is 4.03. The molecule has 0 spiro atoms. The predicted molar refractivity (Wildman–Crippen MR) is 159 cm³/mol. The number of amides is 1. The lowest BCUT2D eigenvalue weighted by Gasteiger charge is -2.32. The van der Waals surface area contributed by atoms with Gasteiger partial charge in [0, 0.05) is 36.6 Å². The van der Waals surface area contributed by atoms with Crippen molar-refractivity contribution >= 4 is 22.9 Å². The highest BCUT2D eigenvalue weighted by Gasteiger charge is 2.33. The predicted octanol–water partition coefficient (Wildman–Crippen LogP) is 5.35. The van der Waals surface area contributed by atoms with Crippen molar-refractivity contribution in [3.8, 4) is 11.3 Å². The van der Waals surface area contributed by atoms with Gasteiger partial charge in [0.2, 0.25) is 5.95 Å². The van der Waals surface area contributed by atoms with Crippen molar-refractivity contribution < 1.29 is 14.3 Å². The average molecular weight is 572 g/mol. The van der Waals surface area contributed by atoms with Gasteiger partial charge < -0.3 is 14.6 Å². The van der Waals surface area contributed by atoms with Gasteiger partial charge in [-0.1, -0.05) is 6.07 Å². The number of halogens is 1.